The van der Waals surface area contributed by atoms with Gasteiger partial charge in [0.1, 0.15) is 0 Å². The van der Waals surface area contributed by atoms with Gasteiger partial charge in [-0.15, -0.1) is 11.3 Å². The Kier molecular flexibility index (Phi) is 4.90. The molecule has 0 unspecified atom stereocenters. The SMILES string of the molecule is C/C(=C/C(=O)O)CNCC(C)(C)c1cccs1. The van der Waals surface area contributed by atoms with Gasteiger partial charge in [0.15, 0.2) is 0 Å². The zero-order valence-electron chi connectivity index (χ0n) is 10.5. The Hall–Kier alpha value is -1.13. The van der Waals surface area contributed by atoms with Crippen molar-refractivity contribution in [3.05, 3.63) is 34.0 Å². The Labute approximate surface area is 106 Å². The van der Waals surface area contributed by atoms with Crippen LogP contribution in [0.2, 0.25) is 0 Å². The first-order valence-electron chi connectivity index (χ1n) is 5.56. The highest BCUT2D eigenvalue weighted by molar-refractivity contribution is 7.10. The molecule has 2 N–H and O–H groups in total. The van der Waals surface area contributed by atoms with E-state index in [9.17, 15) is 4.79 Å². The second-order valence-electron chi connectivity index (χ2n) is 4.79. The average molecular weight is 253 g/mol. The fourth-order valence-electron chi connectivity index (χ4n) is 1.58. The first kappa shape index (κ1) is 13.9. The Morgan fingerprint density at radius 2 is 2.29 bits per heavy atom. The van der Waals surface area contributed by atoms with E-state index in [0.717, 1.165) is 12.1 Å². The summed E-state index contributed by atoms with van der Waals surface area (Å²) >= 11 is 1.75. The lowest BCUT2D eigenvalue weighted by Gasteiger charge is -2.23. The van der Waals surface area contributed by atoms with E-state index in [1.165, 1.54) is 11.0 Å². The summed E-state index contributed by atoms with van der Waals surface area (Å²) < 4.78 is 0. The number of aliphatic carboxylic acids is 1. The summed E-state index contributed by atoms with van der Waals surface area (Å²) in [5.41, 5.74) is 0.914. The van der Waals surface area contributed by atoms with Gasteiger partial charge >= 0.3 is 5.97 Å². The molecule has 3 nitrogen and oxygen atoms in total. The summed E-state index contributed by atoms with van der Waals surface area (Å²) in [5.74, 6) is -0.887. The number of rotatable bonds is 6. The molecule has 0 saturated carbocycles. The zero-order chi connectivity index (χ0) is 12.9. The molecular weight excluding hydrogens is 234 g/mol. The number of hydrogen-bond donors (Lipinski definition) is 2. The lowest BCUT2D eigenvalue weighted by Crippen LogP contribution is -2.33. The van der Waals surface area contributed by atoms with E-state index < -0.39 is 5.97 Å². The van der Waals surface area contributed by atoms with Crippen molar-refractivity contribution < 1.29 is 9.90 Å². The van der Waals surface area contributed by atoms with Crippen LogP contribution in [0.5, 0.6) is 0 Å². The summed E-state index contributed by atoms with van der Waals surface area (Å²) in [6.45, 7) is 7.63. The zero-order valence-corrected chi connectivity index (χ0v) is 11.3. The maximum atomic E-state index is 10.5. The average Bonchev–Trinajstić information content (AvgIpc) is 2.68. The summed E-state index contributed by atoms with van der Waals surface area (Å²) in [6, 6.07) is 4.18. The molecule has 0 atom stereocenters. The number of thiophene rings is 1. The molecule has 0 aliphatic heterocycles. The topological polar surface area (TPSA) is 49.3 Å². The van der Waals surface area contributed by atoms with Crippen LogP contribution in [0.15, 0.2) is 29.2 Å². The Morgan fingerprint density at radius 1 is 1.59 bits per heavy atom. The quantitative estimate of drug-likeness (QED) is 0.766. The molecule has 0 radical (unpaired) electrons. The van der Waals surface area contributed by atoms with Crippen LogP contribution in [0, 0.1) is 0 Å². The first-order valence-corrected chi connectivity index (χ1v) is 6.44. The molecule has 0 fully saturated rings. The molecule has 0 aliphatic carbocycles. The number of carboxylic acid groups (broad SMARTS) is 1. The molecule has 0 bridgehead atoms. The van der Waals surface area contributed by atoms with Crippen molar-refractivity contribution in [1.29, 1.82) is 0 Å². The van der Waals surface area contributed by atoms with E-state index in [2.05, 4.69) is 36.7 Å². The maximum absolute atomic E-state index is 10.5. The summed E-state index contributed by atoms with van der Waals surface area (Å²) in [6.07, 6.45) is 1.24. The fraction of sp³-hybridized carbons (Fsp3) is 0.462. The lowest BCUT2D eigenvalue weighted by atomic mass is 9.91. The Balaban J connectivity index is 2.44. The predicted octanol–water partition coefficient (Wildman–Crippen LogP) is 2.65. The maximum Gasteiger partial charge on any atom is 0.328 e. The van der Waals surface area contributed by atoms with Gasteiger partial charge in [0.25, 0.3) is 0 Å². The van der Waals surface area contributed by atoms with Crippen molar-refractivity contribution in [2.45, 2.75) is 26.2 Å². The van der Waals surface area contributed by atoms with Gasteiger partial charge in [0.2, 0.25) is 0 Å². The number of nitrogens with one attached hydrogen (secondary N) is 1. The van der Waals surface area contributed by atoms with E-state index in [-0.39, 0.29) is 5.41 Å². The lowest BCUT2D eigenvalue weighted by molar-refractivity contribution is -0.131. The molecule has 0 aliphatic rings. The third kappa shape index (κ3) is 4.71. The van der Waals surface area contributed by atoms with Gasteiger partial charge in [0, 0.05) is 29.5 Å². The second kappa shape index (κ2) is 5.98. The predicted molar refractivity (Wildman–Crippen MR) is 71.6 cm³/mol. The summed E-state index contributed by atoms with van der Waals surface area (Å²) in [7, 11) is 0. The summed E-state index contributed by atoms with van der Waals surface area (Å²) in [5, 5.41) is 14.0. The van der Waals surface area contributed by atoms with Gasteiger partial charge < -0.3 is 10.4 Å². The normalized spacial score (nSPS) is 12.8. The number of carbonyl (C=O) groups is 1. The number of carboxylic acids is 1. The van der Waals surface area contributed by atoms with Crippen LogP contribution < -0.4 is 5.32 Å². The van der Waals surface area contributed by atoms with E-state index in [4.69, 9.17) is 5.11 Å². The van der Waals surface area contributed by atoms with Gasteiger partial charge in [-0.05, 0) is 18.4 Å². The van der Waals surface area contributed by atoms with E-state index in [1.807, 2.05) is 6.92 Å². The molecule has 4 heteroatoms. The fourth-order valence-corrected chi connectivity index (χ4v) is 2.44. The van der Waals surface area contributed by atoms with Crippen molar-refractivity contribution in [3.63, 3.8) is 0 Å². The number of hydrogen-bond acceptors (Lipinski definition) is 3. The van der Waals surface area contributed by atoms with Crippen LogP contribution in [0.1, 0.15) is 25.6 Å². The molecule has 94 valence electrons. The Bertz CT molecular complexity index is 394. The van der Waals surface area contributed by atoms with Crippen LogP contribution in [-0.2, 0) is 10.2 Å². The van der Waals surface area contributed by atoms with Crippen LogP contribution in [0.25, 0.3) is 0 Å². The molecule has 0 amide bonds. The molecule has 1 aromatic rings. The molecule has 1 aromatic heterocycles. The molecule has 0 spiro atoms. The second-order valence-corrected chi connectivity index (χ2v) is 5.74. The van der Waals surface area contributed by atoms with Gasteiger partial charge in [0.05, 0.1) is 0 Å². The van der Waals surface area contributed by atoms with Gasteiger partial charge in [-0.1, -0.05) is 25.5 Å². The van der Waals surface area contributed by atoms with Crippen molar-refractivity contribution in [3.8, 4) is 0 Å². The highest BCUT2D eigenvalue weighted by Crippen LogP contribution is 2.26. The molecule has 0 saturated heterocycles. The largest absolute Gasteiger partial charge is 0.478 e. The molecular formula is C13H19NO2S. The van der Waals surface area contributed by atoms with E-state index in [0.29, 0.717) is 6.54 Å². The monoisotopic (exact) mass is 253 g/mol. The third-order valence-corrected chi connectivity index (χ3v) is 3.76. The van der Waals surface area contributed by atoms with Crippen LogP contribution in [0.4, 0.5) is 0 Å². The minimum absolute atomic E-state index is 0.0810. The first-order chi connectivity index (χ1) is 7.92. The summed E-state index contributed by atoms with van der Waals surface area (Å²) in [4.78, 5) is 11.8. The van der Waals surface area contributed by atoms with E-state index >= 15 is 0 Å². The minimum Gasteiger partial charge on any atom is -0.478 e. The van der Waals surface area contributed by atoms with Crippen molar-refractivity contribution in [2.24, 2.45) is 0 Å². The Morgan fingerprint density at radius 3 is 2.82 bits per heavy atom. The van der Waals surface area contributed by atoms with Crippen LogP contribution in [0.3, 0.4) is 0 Å². The molecule has 0 aromatic carbocycles. The minimum atomic E-state index is -0.887. The van der Waals surface area contributed by atoms with Gasteiger partial charge in [-0.2, -0.15) is 0 Å². The molecule has 1 heterocycles. The van der Waals surface area contributed by atoms with Gasteiger partial charge in [-0.25, -0.2) is 4.79 Å². The van der Waals surface area contributed by atoms with Crippen molar-refractivity contribution in [1.82, 2.24) is 5.32 Å². The third-order valence-electron chi connectivity index (χ3n) is 2.53. The van der Waals surface area contributed by atoms with Crippen LogP contribution >= 0.6 is 11.3 Å². The highest BCUT2D eigenvalue weighted by atomic mass is 32.1. The smallest absolute Gasteiger partial charge is 0.328 e. The van der Waals surface area contributed by atoms with Crippen molar-refractivity contribution >= 4 is 17.3 Å². The van der Waals surface area contributed by atoms with E-state index in [1.54, 1.807) is 11.3 Å². The standard InChI is InChI=1S/C13H19NO2S/c1-10(7-12(15)16)8-14-9-13(2,3)11-5-4-6-17-11/h4-7,14H,8-9H2,1-3H3,(H,15,16)/b10-7-. The van der Waals surface area contributed by atoms with Gasteiger partial charge in [-0.3, -0.25) is 0 Å². The highest BCUT2D eigenvalue weighted by Gasteiger charge is 2.20. The van der Waals surface area contributed by atoms with Crippen molar-refractivity contribution in [2.75, 3.05) is 13.1 Å². The van der Waals surface area contributed by atoms with Crippen LogP contribution in [-0.4, -0.2) is 24.2 Å². The molecule has 1 rings (SSSR count). The molecule has 17 heavy (non-hydrogen) atoms.